The fourth-order valence-corrected chi connectivity index (χ4v) is 2.35. The summed E-state index contributed by atoms with van der Waals surface area (Å²) in [7, 11) is 0. The van der Waals surface area contributed by atoms with Gasteiger partial charge in [-0.1, -0.05) is 20.8 Å². The molecule has 1 atom stereocenters. The number of carbonyl (C=O) groups is 2. The van der Waals surface area contributed by atoms with Crippen LogP contribution in [0.25, 0.3) is 11.0 Å². The lowest BCUT2D eigenvalue weighted by molar-refractivity contribution is -0.140. The molecule has 0 saturated heterocycles. The number of carboxylic acid groups (broad SMARTS) is 1. The van der Waals surface area contributed by atoms with E-state index in [1.54, 1.807) is 29.7 Å². The number of aromatic nitrogens is 2. The minimum atomic E-state index is -0.907. The van der Waals surface area contributed by atoms with Gasteiger partial charge in [0.15, 0.2) is 5.78 Å². The van der Waals surface area contributed by atoms with Gasteiger partial charge in [-0.3, -0.25) is 4.79 Å². The molecule has 1 aromatic heterocycles. The van der Waals surface area contributed by atoms with Crippen molar-refractivity contribution in [3.05, 3.63) is 29.6 Å². The van der Waals surface area contributed by atoms with Crippen molar-refractivity contribution in [2.24, 2.45) is 0 Å². The summed E-state index contributed by atoms with van der Waals surface area (Å²) in [4.78, 5) is 27.5. The van der Waals surface area contributed by atoms with Crippen molar-refractivity contribution in [3.8, 4) is 0 Å². The fourth-order valence-electron chi connectivity index (χ4n) is 2.35. The zero-order chi connectivity index (χ0) is 15.9. The van der Waals surface area contributed by atoms with E-state index in [9.17, 15) is 14.7 Å². The molecule has 0 aliphatic rings. The van der Waals surface area contributed by atoms with Crippen molar-refractivity contribution in [1.29, 1.82) is 0 Å². The summed E-state index contributed by atoms with van der Waals surface area (Å²) in [5.74, 6) is -0.237. The second-order valence-electron chi connectivity index (χ2n) is 6.33. The van der Waals surface area contributed by atoms with Gasteiger partial charge in [0.25, 0.3) is 0 Å². The van der Waals surface area contributed by atoms with Crippen LogP contribution in [-0.2, 0) is 10.2 Å². The molecular formula is C16H20N2O3. The van der Waals surface area contributed by atoms with Crippen LogP contribution in [0.2, 0.25) is 0 Å². The van der Waals surface area contributed by atoms with E-state index in [4.69, 9.17) is 0 Å². The van der Waals surface area contributed by atoms with E-state index in [0.29, 0.717) is 16.9 Å². The minimum Gasteiger partial charge on any atom is -0.480 e. The highest BCUT2D eigenvalue weighted by atomic mass is 16.4. The van der Waals surface area contributed by atoms with Crippen LogP contribution < -0.4 is 0 Å². The van der Waals surface area contributed by atoms with Gasteiger partial charge in [0.2, 0.25) is 0 Å². The molecule has 0 spiro atoms. The van der Waals surface area contributed by atoms with E-state index in [-0.39, 0.29) is 11.2 Å². The Hall–Kier alpha value is -2.17. The summed E-state index contributed by atoms with van der Waals surface area (Å²) in [5, 5.41) is 9.34. The maximum absolute atomic E-state index is 11.5. The number of nitrogens with zero attached hydrogens (tertiary/aromatic N) is 2. The number of carboxylic acids is 1. The van der Waals surface area contributed by atoms with E-state index in [0.717, 1.165) is 5.52 Å². The Labute approximate surface area is 123 Å². The Morgan fingerprint density at radius 3 is 2.38 bits per heavy atom. The standard InChI is InChI=1S/C16H20N2O3/c1-9(14(20)21)18-13-7-6-11(10(2)19)8-12(13)17-15(18)16(3,4)5/h6-9H,1-5H3,(H,20,21). The molecule has 5 nitrogen and oxygen atoms in total. The van der Waals surface area contributed by atoms with Gasteiger partial charge in [0.1, 0.15) is 11.9 Å². The second kappa shape index (κ2) is 4.98. The van der Waals surface area contributed by atoms with Gasteiger partial charge in [-0.15, -0.1) is 0 Å². The summed E-state index contributed by atoms with van der Waals surface area (Å²) in [5.41, 5.74) is 1.68. The number of rotatable bonds is 3. The monoisotopic (exact) mass is 288 g/mol. The average molecular weight is 288 g/mol. The molecule has 21 heavy (non-hydrogen) atoms. The Balaban J connectivity index is 2.79. The number of benzene rings is 1. The molecule has 1 unspecified atom stereocenters. The third-order valence-electron chi connectivity index (χ3n) is 3.51. The number of carbonyl (C=O) groups excluding carboxylic acids is 1. The molecular weight excluding hydrogens is 268 g/mol. The first-order valence-electron chi connectivity index (χ1n) is 6.89. The average Bonchev–Trinajstić information content (AvgIpc) is 2.75. The van der Waals surface area contributed by atoms with Crippen molar-refractivity contribution in [2.75, 3.05) is 0 Å². The predicted molar refractivity (Wildman–Crippen MR) is 80.8 cm³/mol. The van der Waals surface area contributed by atoms with E-state index < -0.39 is 12.0 Å². The van der Waals surface area contributed by atoms with Crippen LogP contribution in [0, 0.1) is 0 Å². The molecule has 0 saturated carbocycles. The number of imidazole rings is 1. The molecule has 0 bridgehead atoms. The van der Waals surface area contributed by atoms with Gasteiger partial charge in [-0.05, 0) is 32.0 Å². The van der Waals surface area contributed by atoms with Gasteiger partial charge in [-0.2, -0.15) is 0 Å². The number of fused-ring (bicyclic) bond motifs is 1. The lowest BCUT2D eigenvalue weighted by atomic mass is 9.95. The van der Waals surface area contributed by atoms with E-state index in [1.807, 2.05) is 20.8 Å². The number of aliphatic carboxylic acids is 1. The Bertz CT molecular complexity index is 723. The van der Waals surface area contributed by atoms with Crippen LogP contribution in [0.15, 0.2) is 18.2 Å². The number of hydrogen-bond donors (Lipinski definition) is 1. The van der Waals surface area contributed by atoms with Gasteiger partial charge in [-0.25, -0.2) is 9.78 Å². The quantitative estimate of drug-likeness (QED) is 0.880. The van der Waals surface area contributed by atoms with Crippen molar-refractivity contribution in [2.45, 2.75) is 46.1 Å². The zero-order valence-corrected chi connectivity index (χ0v) is 13.0. The number of ketones is 1. The van der Waals surface area contributed by atoms with Gasteiger partial charge < -0.3 is 9.67 Å². The van der Waals surface area contributed by atoms with E-state index in [1.165, 1.54) is 6.92 Å². The molecule has 5 heteroatoms. The van der Waals surface area contributed by atoms with Crippen molar-refractivity contribution in [1.82, 2.24) is 9.55 Å². The summed E-state index contributed by atoms with van der Waals surface area (Å²) >= 11 is 0. The lowest BCUT2D eigenvalue weighted by Crippen LogP contribution is -2.24. The van der Waals surface area contributed by atoms with Crippen LogP contribution in [0.5, 0.6) is 0 Å². The van der Waals surface area contributed by atoms with Crippen LogP contribution in [-0.4, -0.2) is 26.4 Å². The highest BCUT2D eigenvalue weighted by Gasteiger charge is 2.28. The molecule has 0 radical (unpaired) electrons. The largest absolute Gasteiger partial charge is 0.480 e. The maximum atomic E-state index is 11.5. The van der Waals surface area contributed by atoms with Gasteiger partial charge in [0.05, 0.1) is 11.0 Å². The first-order valence-corrected chi connectivity index (χ1v) is 6.89. The highest BCUT2D eigenvalue weighted by Crippen LogP contribution is 2.30. The van der Waals surface area contributed by atoms with Gasteiger partial charge >= 0.3 is 5.97 Å². The highest BCUT2D eigenvalue weighted by molar-refractivity contribution is 5.97. The van der Waals surface area contributed by atoms with Crippen LogP contribution >= 0.6 is 0 Å². The van der Waals surface area contributed by atoms with E-state index >= 15 is 0 Å². The van der Waals surface area contributed by atoms with Crippen molar-refractivity contribution in [3.63, 3.8) is 0 Å². The predicted octanol–water partition coefficient (Wildman–Crippen LogP) is 3.18. The Morgan fingerprint density at radius 1 is 1.29 bits per heavy atom. The normalized spacial score (nSPS) is 13.4. The summed E-state index contributed by atoms with van der Waals surface area (Å²) in [6, 6.07) is 4.49. The topological polar surface area (TPSA) is 72.2 Å². The number of Topliss-reactive ketones (excluding diaryl/α,β-unsaturated/α-hetero) is 1. The van der Waals surface area contributed by atoms with Crippen LogP contribution in [0.3, 0.4) is 0 Å². The Kier molecular flexibility index (Phi) is 3.61. The molecule has 1 aromatic carbocycles. The molecule has 2 rings (SSSR count). The second-order valence-corrected chi connectivity index (χ2v) is 6.33. The van der Waals surface area contributed by atoms with E-state index in [2.05, 4.69) is 4.98 Å². The molecule has 112 valence electrons. The van der Waals surface area contributed by atoms with Gasteiger partial charge in [0, 0.05) is 11.0 Å². The molecule has 0 fully saturated rings. The summed E-state index contributed by atoms with van der Waals surface area (Å²) in [6.07, 6.45) is 0. The summed E-state index contributed by atoms with van der Waals surface area (Å²) < 4.78 is 1.74. The molecule has 0 aliphatic carbocycles. The molecule has 2 aromatic rings. The van der Waals surface area contributed by atoms with Crippen molar-refractivity contribution < 1.29 is 14.7 Å². The third kappa shape index (κ3) is 2.68. The number of hydrogen-bond acceptors (Lipinski definition) is 3. The third-order valence-corrected chi connectivity index (χ3v) is 3.51. The molecule has 1 heterocycles. The lowest BCUT2D eigenvalue weighted by Gasteiger charge is -2.22. The minimum absolute atomic E-state index is 0.0324. The zero-order valence-electron chi connectivity index (χ0n) is 13.0. The SMILES string of the molecule is CC(=O)c1ccc2c(c1)nc(C(C)(C)C)n2C(C)C(=O)O. The molecule has 0 aliphatic heterocycles. The first-order chi connectivity index (χ1) is 9.62. The van der Waals surface area contributed by atoms with Crippen LogP contribution in [0.1, 0.15) is 56.8 Å². The fraction of sp³-hybridized carbons (Fsp3) is 0.438. The smallest absolute Gasteiger partial charge is 0.326 e. The summed E-state index contributed by atoms with van der Waals surface area (Å²) in [6.45, 7) is 9.11. The first kappa shape index (κ1) is 15.2. The van der Waals surface area contributed by atoms with Crippen molar-refractivity contribution >= 4 is 22.8 Å². The molecule has 1 N–H and O–H groups in total. The Morgan fingerprint density at radius 2 is 1.90 bits per heavy atom. The molecule has 0 amide bonds. The maximum Gasteiger partial charge on any atom is 0.326 e. The van der Waals surface area contributed by atoms with Crippen LogP contribution in [0.4, 0.5) is 0 Å².